The number of nitrogens with zero attached hydrogens (tertiary/aromatic N) is 1. The van der Waals surface area contributed by atoms with E-state index in [9.17, 15) is 4.39 Å². The Balaban J connectivity index is 1.89. The van der Waals surface area contributed by atoms with Gasteiger partial charge in [-0.1, -0.05) is 13.3 Å². The van der Waals surface area contributed by atoms with E-state index in [1.54, 1.807) is 0 Å². The average molecular weight is 197 g/mol. The number of fused-ring (bicyclic) bond motifs is 3. The van der Waals surface area contributed by atoms with E-state index in [0.717, 1.165) is 31.3 Å². The molecule has 1 nitrogen and oxygen atoms in total. The molecule has 4 atom stereocenters. The Bertz CT molecular complexity index is 242. The molecule has 2 aliphatic heterocycles. The lowest BCUT2D eigenvalue weighted by atomic mass is 9.86. The lowest BCUT2D eigenvalue weighted by Crippen LogP contribution is -2.41. The van der Waals surface area contributed by atoms with Gasteiger partial charge in [-0.2, -0.15) is 0 Å². The SMILES string of the molecule is CC[C@@]12C[C@@H](F)CN1[C@@H]1CCC[C@@H]1C2. The highest BCUT2D eigenvalue weighted by Gasteiger charge is 2.56. The van der Waals surface area contributed by atoms with Crippen molar-refractivity contribution in [3.63, 3.8) is 0 Å². The van der Waals surface area contributed by atoms with E-state index in [4.69, 9.17) is 0 Å². The summed E-state index contributed by atoms with van der Waals surface area (Å²) in [6.45, 7) is 2.97. The van der Waals surface area contributed by atoms with Crippen LogP contribution in [0.4, 0.5) is 4.39 Å². The van der Waals surface area contributed by atoms with Crippen LogP contribution >= 0.6 is 0 Å². The molecule has 0 aromatic rings. The molecular weight excluding hydrogens is 177 g/mol. The van der Waals surface area contributed by atoms with Gasteiger partial charge in [-0.3, -0.25) is 4.90 Å². The van der Waals surface area contributed by atoms with E-state index in [-0.39, 0.29) is 5.54 Å². The third-order valence-electron chi connectivity index (χ3n) is 4.93. The molecule has 0 unspecified atom stereocenters. The van der Waals surface area contributed by atoms with Crippen LogP contribution in [0.25, 0.3) is 0 Å². The Kier molecular flexibility index (Phi) is 1.92. The third kappa shape index (κ3) is 1.04. The highest BCUT2D eigenvalue weighted by atomic mass is 19.1. The summed E-state index contributed by atoms with van der Waals surface area (Å²) in [5.74, 6) is 0.905. The molecule has 2 saturated heterocycles. The highest BCUT2D eigenvalue weighted by Crippen LogP contribution is 2.52. The maximum Gasteiger partial charge on any atom is 0.115 e. The van der Waals surface area contributed by atoms with Gasteiger partial charge in [0.1, 0.15) is 6.17 Å². The van der Waals surface area contributed by atoms with Crippen molar-refractivity contribution in [2.45, 2.75) is 63.2 Å². The van der Waals surface area contributed by atoms with Gasteiger partial charge in [0.05, 0.1) is 0 Å². The van der Waals surface area contributed by atoms with Crippen LogP contribution in [0.2, 0.25) is 0 Å². The molecule has 0 aromatic heterocycles. The monoisotopic (exact) mass is 197 g/mol. The zero-order valence-corrected chi connectivity index (χ0v) is 9.01. The summed E-state index contributed by atoms with van der Waals surface area (Å²) in [7, 11) is 0. The van der Waals surface area contributed by atoms with Crippen molar-refractivity contribution in [1.29, 1.82) is 0 Å². The van der Waals surface area contributed by atoms with Gasteiger partial charge in [-0.25, -0.2) is 4.39 Å². The molecule has 3 fully saturated rings. The molecule has 3 rings (SSSR count). The molecule has 0 N–H and O–H groups in total. The maximum atomic E-state index is 13.5. The first-order chi connectivity index (χ1) is 6.75. The number of halogens is 1. The largest absolute Gasteiger partial charge is 0.291 e. The second kappa shape index (κ2) is 2.94. The normalized spacial score (nSPS) is 52.3. The Morgan fingerprint density at radius 2 is 2.21 bits per heavy atom. The van der Waals surface area contributed by atoms with E-state index < -0.39 is 6.17 Å². The second-order valence-electron chi connectivity index (χ2n) is 5.49. The minimum atomic E-state index is -0.545. The molecule has 0 radical (unpaired) electrons. The first-order valence-corrected chi connectivity index (χ1v) is 6.16. The summed E-state index contributed by atoms with van der Waals surface area (Å²) in [6.07, 6.45) is 6.82. The predicted octanol–water partition coefficient (Wildman–Crippen LogP) is 2.75. The molecular formula is C12H20FN. The van der Waals surface area contributed by atoms with Gasteiger partial charge in [0, 0.05) is 18.1 Å². The Morgan fingerprint density at radius 3 is 3.00 bits per heavy atom. The molecule has 0 amide bonds. The van der Waals surface area contributed by atoms with E-state index in [2.05, 4.69) is 11.8 Å². The molecule has 0 spiro atoms. The van der Waals surface area contributed by atoms with Gasteiger partial charge < -0.3 is 0 Å². The summed E-state index contributed by atoms with van der Waals surface area (Å²) >= 11 is 0. The van der Waals surface area contributed by atoms with E-state index in [0.29, 0.717) is 0 Å². The molecule has 0 aromatic carbocycles. The number of hydrogen-bond acceptors (Lipinski definition) is 1. The maximum absolute atomic E-state index is 13.5. The van der Waals surface area contributed by atoms with Crippen molar-refractivity contribution in [1.82, 2.24) is 4.90 Å². The fourth-order valence-corrected chi connectivity index (χ4v) is 4.33. The van der Waals surface area contributed by atoms with Gasteiger partial charge in [0.15, 0.2) is 0 Å². The van der Waals surface area contributed by atoms with Gasteiger partial charge in [0.25, 0.3) is 0 Å². The first kappa shape index (κ1) is 9.14. The van der Waals surface area contributed by atoms with Crippen LogP contribution in [-0.2, 0) is 0 Å². The fraction of sp³-hybridized carbons (Fsp3) is 1.00. The van der Waals surface area contributed by atoms with Crippen LogP contribution in [0.3, 0.4) is 0 Å². The van der Waals surface area contributed by atoms with Crippen LogP contribution in [0.15, 0.2) is 0 Å². The van der Waals surface area contributed by atoms with Crippen LogP contribution in [0.1, 0.15) is 45.4 Å². The van der Waals surface area contributed by atoms with Crippen LogP contribution < -0.4 is 0 Å². The summed E-state index contributed by atoms with van der Waals surface area (Å²) < 4.78 is 13.5. The van der Waals surface area contributed by atoms with Crippen molar-refractivity contribution in [3.05, 3.63) is 0 Å². The van der Waals surface area contributed by atoms with Crippen LogP contribution in [0.5, 0.6) is 0 Å². The Morgan fingerprint density at radius 1 is 1.36 bits per heavy atom. The van der Waals surface area contributed by atoms with E-state index in [1.807, 2.05) is 0 Å². The Labute approximate surface area is 85.7 Å². The van der Waals surface area contributed by atoms with Crippen molar-refractivity contribution in [2.75, 3.05) is 6.54 Å². The lowest BCUT2D eigenvalue weighted by molar-refractivity contribution is 0.141. The van der Waals surface area contributed by atoms with E-state index in [1.165, 1.54) is 25.7 Å². The minimum absolute atomic E-state index is 0.273. The van der Waals surface area contributed by atoms with E-state index >= 15 is 0 Å². The number of alkyl halides is 1. The van der Waals surface area contributed by atoms with Gasteiger partial charge >= 0.3 is 0 Å². The quantitative estimate of drug-likeness (QED) is 0.625. The molecule has 2 heterocycles. The average Bonchev–Trinajstić information content (AvgIpc) is 2.74. The smallest absolute Gasteiger partial charge is 0.115 e. The van der Waals surface area contributed by atoms with Crippen molar-refractivity contribution < 1.29 is 4.39 Å². The van der Waals surface area contributed by atoms with Gasteiger partial charge in [-0.05, 0) is 38.0 Å². The first-order valence-electron chi connectivity index (χ1n) is 6.16. The zero-order chi connectivity index (χ0) is 9.76. The van der Waals surface area contributed by atoms with Gasteiger partial charge in [0.2, 0.25) is 0 Å². The number of hydrogen-bond donors (Lipinski definition) is 0. The molecule has 2 heteroatoms. The zero-order valence-electron chi connectivity index (χ0n) is 9.01. The molecule has 1 aliphatic carbocycles. The number of rotatable bonds is 1. The minimum Gasteiger partial charge on any atom is -0.291 e. The second-order valence-corrected chi connectivity index (χ2v) is 5.49. The molecule has 0 bridgehead atoms. The molecule has 80 valence electrons. The van der Waals surface area contributed by atoms with Crippen LogP contribution in [0, 0.1) is 5.92 Å². The topological polar surface area (TPSA) is 3.24 Å². The lowest BCUT2D eigenvalue weighted by Gasteiger charge is -2.33. The molecule has 1 saturated carbocycles. The molecule has 14 heavy (non-hydrogen) atoms. The van der Waals surface area contributed by atoms with Gasteiger partial charge in [-0.15, -0.1) is 0 Å². The van der Waals surface area contributed by atoms with Crippen molar-refractivity contribution >= 4 is 0 Å². The molecule has 3 aliphatic rings. The predicted molar refractivity (Wildman–Crippen MR) is 55.0 cm³/mol. The standard InChI is InChI=1S/C12H20FN/c1-2-12-6-9-4-3-5-11(9)14(12)8-10(13)7-12/h9-11H,2-8H2,1H3/t9-,10-,11-,12-/m1/s1. The van der Waals surface area contributed by atoms with Crippen molar-refractivity contribution in [2.24, 2.45) is 5.92 Å². The summed E-state index contributed by atoms with van der Waals surface area (Å²) in [5, 5.41) is 0. The van der Waals surface area contributed by atoms with Crippen molar-refractivity contribution in [3.8, 4) is 0 Å². The summed E-state index contributed by atoms with van der Waals surface area (Å²) in [6, 6.07) is 0.746. The highest BCUT2D eigenvalue weighted by molar-refractivity contribution is 5.11. The Hall–Kier alpha value is -0.110. The third-order valence-corrected chi connectivity index (χ3v) is 4.93. The summed E-state index contributed by atoms with van der Waals surface area (Å²) in [5.41, 5.74) is 0.273. The fourth-order valence-electron chi connectivity index (χ4n) is 4.33. The summed E-state index contributed by atoms with van der Waals surface area (Å²) in [4.78, 5) is 2.54. The van der Waals surface area contributed by atoms with Crippen LogP contribution in [-0.4, -0.2) is 29.2 Å².